The van der Waals surface area contributed by atoms with E-state index in [1.54, 1.807) is 11.3 Å². The fourth-order valence-electron chi connectivity index (χ4n) is 1.70. The summed E-state index contributed by atoms with van der Waals surface area (Å²) in [6.07, 6.45) is 1.05. The van der Waals surface area contributed by atoms with Gasteiger partial charge >= 0.3 is 0 Å². The Morgan fingerprint density at radius 3 is 2.81 bits per heavy atom. The standard InChI is InChI=1S/C13H16N2S/c1-10-4-2-6-12(14)13(10)15-8-7-11-5-3-9-16-11/h2-6,9,15H,7-8,14H2,1H3. The lowest BCUT2D eigenvalue weighted by Crippen LogP contribution is -2.07. The highest BCUT2D eigenvalue weighted by Gasteiger charge is 2.01. The van der Waals surface area contributed by atoms with Crippen LogP contribution in [0.1, 0.15) is 10.4 Å². The minimum atomic E-state index is 0.825. The number of para-hydroxylation sites is 1. The van der Waals surface area contributed by atoms with Gasteiger partial charge in [0.1, 0.15) is 0 Å². The van der Waals surface area contributed by atoms with Gasteiger partial charge in [0.05, 0.1) is 11.4 Å². The third-order valence-corrected chi connectivity index (χ3v) is 3.49. The molecule has 1 aromatic carbocycles. The van der Waals surface area contributed by atoms with Gasteiger partial charge in [0.2, 0.25) is 0 Å². The van der Waals surface area contributed by atoms with Crippen molar-refractivity contribution in [3.63, 3.8) is 0 Å². The van der Waals surface area contributed by atoms with E-state index < -0.39 is 0 Å². The molecule has 0 aliphatic carbocycles. The third-order valence-electron chi connectivity index (χ3n) is 2.56. The van der Waals surface area contributed by atoms with Gasteiger partial charge in [-0.3, -0.25) is 0 Å². The van der Waals surface area contributed by atoms with Crippen LogP contribution in [0.15, 0.2) is 35.7 Å². The fourth-order valence-corrected chi connectivity index (χ4v) is 2.41. The Labute approximate surface area is 100 Å². The summed E-state index contributed by atoms with van der Waals surface area (Å²) in [4.78, 5) is 1.40. The number of anilines is 2. The van der Waals surface area contributed by atoms with Gasteiger partial charge in [-0.1, -0.05) is 18.2 Å². The zero-order valence-electron chi connectivity index (χ0n) is 9.36. The highest BCUT2D eigenvalue weighted by molar-refractivity contribution is 7.09. The Kier molecular flexibility index (Phi) is 3.47. The van der Waals surface area contributed by atoms with Crippen molar-refractivity contribution in [2.75, 3.05) is 17.6 Å². The van der Waals surface area contributed by atoms with E-state index in [1.165, 1.54) is 10.4 Å². The normalized spacial score (nSPS) is 10.3. The molecule has 0 spiro atoms. The van der Waals surface area contributed by atoms with Gasteiger partial charge in [0.15, 0.2) is 0 Å². The molecule has 84 valence electrons. The summed E-state index contributed by atoms with van der Waals surface area (Å²) in [6, 6.07) is 10.2. The van der Waals surface area contributed by atoms with E-state index in [0.29, 0.717) is 0 Å². The topological polar surface area (TPSA) is 38.0 Å². The first-order valence-electron chi connectivity index (χ1n) is 5.38. The Balaban J connectivity index is 1.95. The number of nitrogens with one attached hydrogen (secondary N) is 1. The van der Waals surface area contributed by atoms with Gasteiger partial charge in [-0.25, -0.2) is 0 Å². The molecule has 2 rings (SSSR count). The first-order valence-corrected chi connectivity index (χ1v) is 6.26. The van der Waals surface area contributed by atoms with Crippen LogP contribution in [-0.4, -0.2) is 6.54 Å². The number of thiophene rings is 1. The molecule has 1 aromatic heterocycles. The van der Waals surface area contributed by atoms with Crippen molar-refractivity contribution in [2.24, 2.45) is 0 Å². The molecule has 2 aromatic rings. The van der Waals surface area contributed by atoms with E-state index in [0.717, 1.165) is 24.3 Å². The molecule has 0 aliphatic heterocycles. The number of aryl methyl sites for hydroxylation is 1. The summed E-state index contributed by atoms with van der Waals surface area (Å²) in [6.45, 7) is 3.00. The van der Waals surface area contributed by atoms with Crippen molar-refractivity contribution in [3.05, 3.63) is 46.2 Å². The molecular formula is C13H16N2S. The molecule has 2 nitrogen and oxygen atoms in total. The van der Waals surface area contributed by atoms with Crippen LogP contribution < -0.4 is 11.1 Å². The second-order valence-corrected chi connectivity index (χ2v) is 4.83. The van der Waals surface area contributed by atoms with Crippen LogP contribution >= 0.6 is 11.3 Å². The number of rotatable bonds is 4. The van der Waals surface area contributed by atoms with Gasteiger partial charge in [-0.15, -0.1) is 11.3 Å². The van der Waals surface area contributed by atoms with Crippen molar-refractivity contribution < 1.29 is 0 Å². The number of nitrogens with two attached hydrogens (primary N) is 1. The molecule has 3 N–H and O–H groups in total. The first kappa shape index (κ1) is 11.0. The highest BCUT2D eigenvalue weighted by Crippen LogP contribution is 2.22. The summed E-state index contributed by atoms with van der Waals surface area (Å²) in [5.74, 6) is 0. The molecular weight excluding hydrogens is 216 g/mol. The number of hydrogen-bond acceptors (Lipinski definition) is 3. The van der Waals surface area contributed by atoms with Gasteiger partial charge in [-0.05, 0) is 36.4 Å². The Hall–Kier alpha value is -1.48. The molecule has 1 heterocycles. The molecule has 0 bridgehead atoms. The van der Waals surface area contributed by atoms with E-state index in [2.05, 4.69) is 35.8 Å². The van der Waals surface area contributed by atoms with Crippen molar-refractivity contribution in [1.82, 2.24) is 0 Å². The lowest BCUT2D eigenvalue weighted by atomic mass is 10.1. The smallest absolute Gasteiger partial charge is 0.0603 e. The second-order valence-electron chi connectivity index (χ2n) is 3.80. The average Bonchev–Trinajstić information content (AvgIpc) is 2.75. The van der Waals surface area contributed by atoms with Crippen LogP contribution in [0.25, 0.3) is 0 Å². The zero-order valence-corrected chi connectivity index (χ0v) is 10.2. The monoisotopic (exact) mass is 232 g/mol. The average molecular weight is 232 g/mol. The summed E-state index contributed by atoms with van der Waals surface area (Å²) >= 11 is 1.80. The second kappa shape index (κ2) is 5.03. The van der Waals surface area contributed by atoms with Crippen molar-refractivity contribution in [1.29, 1.82) is 0 Å². The van der Waals surface area contributed by atoms with Crippen LogP contribution in [0.2, 0.25) is 0 Å². The van der Waals surface area contributed by atoms with E-state index in [1.807, 2.05) is 12.1 Å². The van der Waals surface area contributed by atoms with Gasteiger partial charge in [-0.2, -0.15) is 0 Å². The molecule has 0 amide bonds. The molecule has 0 aliphatic rings. The van der Waals surface area contributed by atoms with Crippen LogP contribution in [-0.2, 0) is 6.42 Å². The minimum Gasteiger partial charge on any atom is -0.397 e. The van der Waals surface area contributed by atoms with E-state index in [4.69, 9.17) is 5.73 Å². The summed E-state index contributed by atoms with van der Waals surface area (Å²) in [5, 5.41) is 5.51. The molecule has 16 heavy (non-hydrogen) atoms. The number of nitrogen functional groups attached to an aromatic ring is 1. The number of hydrogen-bond donors (Lipinski definition) is 2. The van der Waals surface area contributed by atoms with Gasteiger partial charge in [0, 0.05) is 11.4 Å². The maximum Gasteiger partial charge on any atom is 0.0603 e. The summed E-state index contributed by atoms with van der Waals surface area (Å²) < 4.78 is 0. The maximum atomic E-state index is 5.92. The summed E-state index contributed by atoms with van der Waals surface area (Å²) in [5.41, 5.74) is 9.01. The van der Waals surface area contributed by atoms with Crippen molar-refractivity contribution >= 4 is 22.7 Å². The van der Waals surface area contributed by atoms with Gasteiger partial charge < -0.3 is 11.1 Å². The molecule has 0 saturated carbocycles. The number of benzene rings is 1. The quantitative estimate of drug-likeness (QED) is 0.794. The van der Waals surface area contributed by atoms with E-state index in [-0.39, 0.29) is 0 Å². The highest BCUT2D eigenvalue weighted by atomic mass is 32.1. The Bertz CT molecular complexity index is 429. The van der Waals surface area contributed by atoms with Crippen molar-refractivity contribution in [3.8, 4) is 0 Å². The van der Waals surface area contributed by atoms with Crippen LogP contribution in [0.3, 0.4) is 0 Å². The Morgan fingerprint density at radius 2 is 2.12 bits per heavy atom. The predicted octanol–water partition coefficient (Wildman–Crippen LogP) is 3.29. The predicted molar refractivity (Wildman–Crippen MR) is 72.1 cm³/mol. The van der Waals surface area contributed by atoms with Crippen molar-refractivity contribution in [2.45, 2.75) is 13.3 Å². The fraction of sp³-hybridized carbons (Fsp3) is 0.231. The minimum absolute atomic E-state index is 0.825. The molecule has 0 radical (unpaired) electrons. The van der Waals surface area contributed by atoms with Crippen LogP contribution in [0.5, 0.6) is 0 Å². The maximum absolute atomic E-state index is 5.92. The van der Waals surface area contributed by atoms with E-state index >= 15 is 0 Å². The largest absolute Gasteiger partial charge is 0.397 e. The molecule has 0 saturated heterocycles. The lowest BCUT2D eigenvalue weighted by molar-refractivity contribution is 1.04. The molecule has 0 unspecified atom stereocenters. The lowest BCUT2D eigenvalue weighted by Gasteiger charge is -2.11. The SMILES string of the molecule is Cc1cccc(N)c1NCCc1cccs1. The molecule has 0 fully saturated rings. The summed E-state index contributed by atoms with van der Waals surface area (Å²) in [7, 11) is 0. The van der Waals surface area contributed by atoms with Crippen LogP contribution in [0.4, 0.5) is 11.4 Å². The first-order chi connectivity index (χ1) is 7.77. The van der Waals surface area contributed by atoms with E-state index in [9.17, 15) is 0 Å². The Morgan fingerprint density at radius 1 is 1.25 bits per heavy atom. The molecule has 0 atom stereocenters. The van der Waals surface area contributed by atoms with Gasteiger partial charge in [0.25, 0.3) is 0 Å². The van der Waals surface area contributed by atoms with Crippen LogP contribution in [0, 0.1) is 6.92 Å². The third kappa shape index (κ3) is 2.55. The molecule has 3 heteroatoms. The zero-order chi connectivity index (χ0) is 11.4.